The predicted molar refractivity (Wildman–Crippen MR) is 113 cm³/mol. The number of hydrogen-bond donors (Lipinski definition) is 1. The van der Waals surface area contributed by atoms with E-state index in [0.29, 0.717) is 11.5 Å². The van der Waals surface area contributed by atoms with Crippen LogP contribution in [0.2, 0.25) is 0 Å². The van der Waals surface area contributed by atoms with Gasteiger partial charge in [0.15, 0.2) is 0 Å². The molecule has 7 nitrogen and oxygen atoms in total. The Labute approximate surface area is 172 Å². The van der Waals surface area contributed by atoms with Gasteiger partial charge < -0.3 is 14.8 Å². The molecule has 2 aromatic rings. The number of anilines is 1. The van der Waals surface area contributed by atoms with Crippen LogP contribution in [0, 0.1) is 6.92 Å². The highest BCUT2D eigenvalue weighted by Crippen LogP contribution is 2.35. The maximum absolute atomic E-state index is 13.5. The second-order valence-corrected chi connectivity index (χ2v) is 8.60. The van der Waals surface area contributed by atoms with Crippen LogP contribution in [-0.4, -0.2) is 41.1 Å². The standard InChI is InChI=1S/C21H28N2O5S/c1-6-16(3)22-21(24)14-23(19-13-17(27-4)9-12-20(19)28-5)29(25,26)18-10-7-15(2)8-11-18/h7-13,16H,6,14H2,1-5H3,(H,22,24). The lowest BCUT2D eigenvalue weighted by atomic mass is 10.2. The van der Waals surface area contributed by atoms with E-state index in [2.05, 4.69) is 5.32 Å². The van der Waals surface area contributed by atoms with Crippen molar-refractivity contribution in [3.05, 3.63) is 48.0 Å². The van der Waals surface area contributed by atoms with Crippen molar-refractivity contribution in [1.29, 1.82) is 0 Å². The lowest BCUT2D eigenvalue weighted by Gasteiger charge is -2.26. The molecule has 0 saturated heterocycles. The molecule has 0 spiro atoms. The molecule has 0 fully saturated rings. The third kappa shape index (κ3) is 5.41. The second kappa shape index (κ2) is 9.65. The SMILES string of the molecule is CCC(C)NC(=O)CN(c1cc(OC)ccc1OC)S(=O)(=O)c1ccc(C)cc1. The molecule has 29 heavy (non-hydrogen) atoms. The molecule has 0 saturated carbocycles. The molecule has 0 bridgehead atoms. The number of carbonyl (C=O) groups excluding carboxylic acids is 1. The number of methoxy groups -OCH3 is 2. The van der Waals surface area contributed by atoms with Crippen molar-refractivity contribution in [2.24, 2.45) is 0 Å². The van der Waals surface area contributed by atoms with Gasteiger partial charge in [-0.2, -0.15) is 0 Å². The Morgan fingerprint density at radius 1 is 1.10 bits per heavy atom. The lowest BCUT2D eigenvalue weighted by Crippen LogP contribution is -2.43. The van der Waals surface area contributed by atoms with Gasteiger partial charge in [-0.3, -0.25) is 9.10 Å². The smallest absolute Gasteiger partial charge is 0.264 e. The summed E-state index contributed by atoms with van der Waals surface area (Å²) in [5, 5.41) is 2.81. The van der Waals surface area contributed by atoms with Crippen LogP contribution in [0.1, 0.15) is 25.8 Å². The Hall–Kier alpha value is -2.74. The summed E-state index contributed by atoms with van der Waals surface area (Å²) in [5.41, 5.74) is 1.16. The highest BCUT2D eigenvalue weighted by molar-refractivity contribution is 7.92. The van der Waals surface area contributed by atoms with E-state index in [9.17, 15) is 13.2 Å². The molecule has 1 unspecified atom stereocenters. The number of amides is 1. The summed E-state index contributed by atoms with van der Waals surface area (Å²) in [4.78, 5) is 12.7. The quantitative estimate of drug-likeness (QED) is 0.674. The van der Waals surface area contributed by atoms with Crippen molar-refractivity contribution in [2.75, 3.05) is 25.1 Å². The van der Waals surface area contributed by atoms with E-state index < -0.39 is 15.9 Å². The van der Waals surface area contributed by atoms with Crippen LogP contribution in [0.5, 0.6) is 11.5 Å². The first-order valence-electron chi connectivity index (χ1n) is 9.33. The Kier molecular flexibility index (Phi) is 7.50. The Morgan fingerprint density at radius 3 is 2.31 bits per heavy atom. The van der Waals surface area contributed by atoms with Gasteiger partial charge in [0.05, 0.1) is 24.8 Å². The molecule has 8 heteroatoms. The van der Waals surface area contributed by atoms with Crippen LogP contribution in [0.4, 0.5) is 5.69 Å². The minimum Gasteiger partial charge on any atom is -0.497 e. The highest BCUT2D eigenvalue weighted by atomic mass is 32.2. The zero-order chi connectivity index (χ0) is 21.6. The number of carbonyl (C=O) groups is 1. The monoisotopic (exact) mass is 420 g/mol. The summed E-state index contributed by atoms with van der Waals surface area (Å²) in [6, 6.07) is 11.2. The van der Waals surface area contributed by atoms with Gasteiger partial charge in [0.25, 0.3) is 10.0 Å². The highest BCUT2D eigenvalue weighted by Gasteiger charge is 2.30. The van der Waals surface area contributed by atoms with E-state index in [-0.39, 0.29) is 23.2 Å². The Bertz CT molecular complexity index is 942. The molecule has 0 heterocycles. The van der Waals surface area contributed by atoms with Gasteiger partial charge in [-0.1, -0.05) is 24.6 Å². The molecule has 0 aliphatic carbocycles. The number of hydrogen-bond acceptors (Lipinski definition) is 5. The summed E-state index contributed by atoms with van der Waals surface area (Å²) in [7, 11) is -1.10. The van der Waals surface area contributed by atoms with Crippen LogP contribution in [0.15, 0.2) is 47.4 Å². The molecule has 0 aliphatic rings. The fourth-order valence-corrected chi connectivity index (χ4v) is 4.11. The molecule has 0 aliphatic heterocycles. The van der Waals surface area contributed by atoms with Crippen LogP contribution in [-0.2, 0) is 14.8 Å². The van der Waals surface area contributed by atoms with E-state index in [0.717, 1.165) is 16.3 Å². The molecule has 158 valence electrons. The summed E-state index contributed by atoms with van der Waals surface area (Å²) >= 11 is 0. The van der Waals surface area contributed by atoms with E-state index in [1.807, 2.05) is 20.8 Å². The van der Waals surface area contributed by atoms with Crippen LogP contribution < -0.4 is 19.1 Å². The number of nitrogens with one attached hydrogen (secondary N) is 1. The fourth-order valence-electron chi connectivity index (χ4n) is 2.68. The largest absolute Gasteiger partial charge is 0.497 e. The molecule has 1 amide bonds. The van der Waals surface area contributed by atoms with Gasteiger partial charge in [0.2, 0.25) is 5.91 Å². The number of sulfonamides is 1. The first-order valence-corrected chi connectivity index (χ1v) is 10.8. The molecule has 0 radical (unpaired) electrons. The molecule has 0 aromatic heterocycles. The van der Waals surface area contributed by atoms with Gasteiger partial charge in [0, 0.05) is 12.1 Å². The van der Waals surface area contributed by atoms with Crippen molar-refractivity contribution in [3.8, 4) is 11.5 Å². The Balaban J connectivity index is 2.57. The molecular formula is C21H28N2O5S. The number of rotatable bonds is 9. The maximum Gasteiger partial charge on any atom is 0.264 e. The number of aryl methyl sites for hydroxylation is 1. The average molecular weight is 421 g/mol. The predicted octanol–water partition coefficient (Wildman–Crippen LogP) is 3.12. The van der Waals surface area contributed by atoms with Gasteiger partial charge in [-0.15, -0.1) is 0 Å². The molecule has 2 rings (SSSR count). The molecule has 1 N–H and O–H groups in total. The van der Waals surface area contributed by atoms with E-state index >= 15 is 0 Å². The fraction of sp³-hybridized carbons (Fsp3) is 0.381. The second-order valence-electron chi connectivity index (χ2n) is 6.74. The van der Waals surface area contributed by atoms with Crippen LogP contribution >= 0.6 is 0 Å². The topological polar surface area (TPSA) is 84.9 Å². The number of ether oxygens (including phenoxy) is 2. The lowest BCUT2D eigenvalue weighted by molar-refractivity contribution is -0.120. The summed E-state index contributed by atoms with van der Waals surface area (Å²) in [6.07, 6.45) is 0.735. The summed E-state index contributed by atoms with van der Waals surface area (Å²) < 4.78 is 38.6. The van der Waals surface area contributed by atoms with Crippen molar-refractivity contribution in [3.63, 3.8) is 0 Å². The third-order valence-corrected chi connectivity index (χ3v) is 6.34. The summed E-state index contributed by atoms with van der Waals surface area (Å²) in [5.74, 6) is 0.366. The maximum atomic E-state index is 13.5. The summed E-state index contributed by atoms with van der Waals surface area (Å²) in [6.45, 7) is 5.29. The molecule has 2 aromatic carbocycles. The third-order valence-electron chi connectivity index (χ3n) is 4.57. The van der Waals surface area contributed by atoms with E-state index in [1.54, 1.807) is 30.3 Å². The van der Waals surface area contributed by atoms with Crippen molar-refractivity contribution in [2.45, 2.75) is 38.1 Å². The van der Waals surface area contributed by atoms with Crippen LogP contribution in [0.3, 0.4) is 0 Å². The van der Waals surface area contributed by atoms with E-state index in [1.165, 1.54) is 26.4 Å². The minimum atomic E-state index is -4.03. The first-order chi connectivity index (χ1) is 13.7. The molecule has 1 atom stereocenters. The zero-order valence-corrected chi connectivity index (χ0v) is 18.2. The number of benzene rings is 2. The Morgan fingerprint density at radius 2 is 1.76 bits per heavy atom. The van der Waals surface area contributed by atoms with Gasteiger partial charge in [-0.05, 0) is 44.5 Å². The number of nitrogens with zero attached hydrogens (tertiary/aromatic N) is 1. The normalized spacial score (nSPS) is 12.2. The van der Waals surface area contributed by atoms with Gasteiger partial charge in [-0.25, -0.2) is 8.42 Å². The van der Waals surface area contributed by atoms with Crippen molar-refractivity contribution < 1.29 is 22.7 Å². The van der Waals surface area contributed by atoms with Crippen molar-refractivity contribution in [1.82, 2.24) is 5.32 Å². The first kappa shape index (κ1) is 22.5. The van der Waals surface area contributed by atoms with Crippen molar-refractivity contribution >= 4 is 21.6 Å². The van der Waals surface area contributed by atoms with E-state index in [4.69, 9.17) is 9.47 Å². The van der Waals surface area contributed by atoms with Crippen LogP contribution in [0.25, 0.3) is 0 Å². The zero-order valence-electron chi connectivity index (χ0n) is 17.4. The molecular weight excluding hydrogens is 392 g/mol. The van der Waals surface area contributed by atoms with Gasteiger partial charge >= 0.3 is 0 Å². The van der Waals surface area contributed by atoms with Gasteiger partial charge in [0.1, 0.15) is 18.0 Å². The minimum absolute atomic E-state index is 0.0707. The average Bonchev–Trinajstić information content (AvgIpc) is 2.71.